The molecule has 0 bridgehead atoms. The Morgan fingerprint density at radius 2 is 1.87 bits per heavy atom. The molecular formula is C10H21N3O2. The first-order chi connectivity index (χ1) is 7.31. The lowest BCUT2D eigenvalue weighted by molar-refractivity contribution is 0.0399. The van der Waals surface area contributed by atoms with E-state index in [2.05, 4.69) is 15.1 Å². The van der Waals surface area contributed by atoms with E-state index in [4.69, 9.17) is 5.11 Å². The molecular weight excluding hydrogens is 194 g/mol. The summed E-state index contributed by atoms with van der Waals surface area (Å²) in [5, 5.41) is 21.8. The molecule has 0 spiro atoms. The lowest BCUT2D eigenvalue weighted by Crippen LogP contribution is -2.54. The highest BCUT2D eigenvalue weighted by atomic mass is 16.3. The zero-order valence-electron chi connectivity index (χ0n) is 9.10. The van der Waals surface area contributed by atoms with E-state index in [0.29, 0.717) is 6.04 Å². The molecule has 3 N–H and O–H groups in total. The molecule has 0 unspecified atom stereocenters. The highest BCUT2D eigenvalue weighted by Gasteiger charge is 2.32. The number of hydrogen-bond acceptors (Lipinski definition) is 5. The summed E-state index contributed by atoms with van der Waals surface area (Å²) in [6.45, 7) is 6.66. The van der Waals surface area contributed by atoms with Gasteiger partial charge >= 0.3 is 0 Å². The molecule has 5 heteroatoms. The average Bonchev–Trinajstić information content (AvgIpc) is 2.66. The third-order valence-corrected chi connectivity index (χ3v) is 3.44. The van der Waals surface area contributed by atoms with Gasteiger partial charge in [-0.05, 0) is 0 Å². The molecule has 5 nitrogen and oxygen atoms in total. The Morgan fingerprint density at radius 3 is 2.40 bits per heavy atom. The second kappa shape index (κ2) is 5.23. The third kappa shape index (κ3) is 2.68. The second-order valence-electron chi connectivity index (χ2n) is 4.39. The summed E-state index contributed by atoms with van der Waals surface area (Å²) in [5.74, 6) is 0. The van der Waals surface area contributed by atoms with Crippen molar-refractivity contribution in [2.24, 2.45) is 0 Å². The van der Waals surface area contributed by atoms with Crippen LogP contribution in [0.1, 0.15) is 0 Å². The molecule has 88 valence electrons. The van der Waals surface area contributed by atoms with Crippen LogP contribution in [0.4, 0.5) is 0 Å². The molecule has 0 aliphatic carbocycles. The molecule has 2 aliphatic heterocycles. The number of hydrogen-bond donors (Lipinski definition) is 3. The standard InChI is InChI=1S/C10H21N3O2/c14-6-5-12-1-3-13(4-2-12)9-7-11-8-10(9)15/h9-11,14-15H,1-8H2/t9-,10-/m1/s1. The van der Waals surface area contributed by atoms with Gasteiger partial charge < -0.3 is 15.5 Å². The van der Waals surface area contributed by atoms with Gasteiger partial charge in [-0.15, -0.1) is 0 Å². The molecule has 0 amide bonds. The van der Waals surface area contributed by atoms with E-state index in [-0.39, 0.29) is 12.7 Å². The van der Waals surface area contributed by atoms with Crippen LogP contribution >= 0.6 is 0 Å². The molecule has 0 saturated carbocycles. The number of nitrogens with one attached hydrogen (secondary N) is 1. The normalized spacial score (nSPS) is 34.8. The van der Waals surface area contributed by atoms with Crippen molar-refractivity contribution in [3.05, 3.63) is 0 Å². The lowest BCUT2D eigenvalue weighted by atomic mass is 10.1. The molecule has 2 fully saturated rings. The second-order valence-corrected chi connectivity index (χ2v) is 4.39. The summed E-state index contributed by atoms with van der Waals surface area (Å²) >= 11 is 0. The maximum Gasteiger partial charge on any atom is 0.0831 e. The van der Waals surface area contributed by atoms with E-state index in [1.54, 1.807) is 0 Å². The fourth-order valence-corrected chi connectivity index (χ4v) is 2.48. The Balaban J connectivity index is 1.77. The summed E-state index contributed by atoms with van der Waals surface area (Å²) in [7, 11) is 0. The van der Waals surface area contributed by atoms with E-state index in [1.807, 2.05) is 0 Å². The van der Waals surface area contributed by atoms with Crippen molar-refractivity contribution in [3.63, 3.8) is 0 Å². The summed E-state index contributed by atoms with van der Waals surface area (Å²) in [4.78, 5) is 4.63. The monoisotopic (exact) mass is 215 g/mol. The van der Waals surface area contributed by atoms with Crippen LogP contribution in [0.2, 0.25) is 0 Å². The Kier molecular flexibility index (Phi) is 3.93. The fourth-order valence-electron chi connectivity index (χ4n) is 2.48. The summed E-state index contributed by atoms with van der Waals surface area (Å²) in [5.41, 5.74) is 0. The van der Waals surface area contributed by atoms with Crippen LogP contribution < -0.4 is 5.32 Å². The van der Waals surface area contributed by atoms with Crippen molar-refractivity contribution in [1.82, 2.24) is 15.1 Å². The van der Waals surface area contributed by atoms with Crippen LogP contribution in [0.25, 0.3) is 0 Å². The van der Waals surface area contributed by atoms with E-state index in [1.165, 1.54) is 0 Å². The minimum absolute atomic E-state index is 0.214. The maximum absolute atomic E-state index is 9.75. The first-order valence-corrected chi connectivity index (χ1v) is 5.77. The molecule has 0 aromatic rings. The molecule has 2 saturated heterocycles. The van der Waals surface area contributed by atoms with Gasteiger partial charge in [-0.25, -0.2) is 0 Å². The number of piperazine rings is 1. The van der Waals surface area contributed by atoms with Crippen molar-refractivity contribution in [2.45, 2.75) is 12.1 Å². The Morgan fingerprint density at radius 1 is 1.13 bits per heavy atom. The summed E-state index contributed by atoms with van der Waals surface area (Å²) < 4.78 is 0. The van der Waals surface area contributed by atoms with Gasteiger partial charge in [0.05, 0.1) is 12.7 Å². The smallest absolute Gasteiger partial charge is 0.0831 e. The summed E-state index contributed by atoms with van der Waals surface area (Å²) in [6, 6.07) is 0.293. The molecule has 0 radical (unpaired) electrons. The first kappa shape index (κ1) is 11.3. The first-order valence-electron chi connectivity index (χ1n) is 5.77. The van der Waals surface area contributed by atoms with Gasteiger partial charge in [0.15, 0.2) is 0 Å². The van der Waals surface area contributed by atoms with Gasteiger partial charge in [-0.2, -0.15) is 0 Å². The highest BCUT2D eigenvalue weighted by molar-refractivity contribution is 4.90. The Hall–Kier alpha value is -0.200. The van der Waals surface area contributed by atoms with Gasteiger partial charge in [0, 0.05) is 51.9 Å². The van der Waals surface area contributed by atoms with Crippen LogP contribution in [0, 0.1) is 0 Å². The lowest BCUT2D eigenvalue weighted by Gasteiger charge is -2.38. The van der Waals surface area contributed by atoms with E-state index in [9.17, 15) is 5.11 Å². The predicted octanol–water partition coefficient (Wildman–Crippen LogP) is -2.07. The van der Waals surface area contributed by atoms with Crippen LogP contribution in [0.5, 0.6) is 0 Å². The maximum atomic E-state index is 9.75. The van der Waals surface area contributed by atoms with E-state index in [0.717, 1.165) is 45.8 Å². The molecule has 2 heterocycles. The largest absolute Gasteiger partial charge is 0.395 e. The van der Waals surface area contributed by atoms with E-state index >= 15 is 0 Å². The number of rotatable bonds is 3. The quantitative estimate of drug-likeness (QED) is 0.505. The summed E-state index contributed by atoms with van der Waals surface area (Å²) in [6.07, 6.45) is -0.214. The molecule has 0 aromatic carbocycles. The van der Waals surface area contributed by atoms with Gasteiger partial charge in [0.25, 0.3) is 0 Å². The van der Waals surface area contributed by atoms with Gasteiger partial charge in [0.2, 0.25) is 0 Å². The number of aliphatic hydroxyl groups excluding tert-OH is 2. The Labute approximate surface area is 90.7 Å². The van der Waals surface area contributed by atoms with Gasteiger partial charge in [-0.3, -0.25) is 9.80 Å². The Bertz CT molecular complexity index is 195. The minimum Gasteiger partial charge on any atom is -0.395 e. The van der Waals surface area contributed by atoms with Crippen LogP contribution in [0.15, 0.2) is 0 Å². The van der Waals surface area contributed by atoms with Gasteiger partial charge in [0.1, 0.15) is 0 Å². The van der Waals surface area contributed by atoms with Crippen molar-refractivity contribution in [2.75, 3.05) is 52.4 Å². The molecule has 2 aliphatic rings. The highest BCUT2D eigenvalue weighted by Crippen LogP contribution is 2.12. The average molecular weight is 215 g/mol. The number of β-amino-alcohol motifs (C(OH)–C–C–N with tert-alkyl or cyclic N) is 2. The van der Waals surface area contributed by atoms with Crippen molar-refractivity contribution >= 4 is 0 Å². The molecule has 2 rings (SSSR count). The minimum atomic E-state index is -0.214. The molecule has 0 aromatic heterocycles. The molecule has 15 heavy (non-hydrogen) atoms. The van der Waals surface area contributed by atoms with Crippen molar-refractivity contribution in [3.8, 4) is 0 Å². The van der Waals surface area contributed by atoms with Gasteiger partial charge in [-0.1, -0.05) is 0 Å². The van der Waals surface area contributed by atoms with Crippen molar-refractivity contribution < 1.29 is 10.2 Å². The number of nitrogens with zero attached hydrogens (tertiary/aromatic N) is 2. The SMILES string of the molecule is OCCN1CCN([C@@H]2CNC[C@H]2O)CC1. The molecule has 2 atom stereocenters. The van der Waals surface area contributed by atoms with Crippen LogP contribution in [-0.2, 0) is 0 Å². The zero-order chi connectivity index (χ0) is 10.7. The number of aliphatic hydroxyl groups is 2. The third-order valence-electron chi connectivity index (χ3n) is 3.44. The van der Waals surface area contributed by atoms with Crippen LogP contribution in [-0.4, -0.2) is 84.6 Å². The topological polar surface area (TPSA) is 59.0 Å². The van der Waals surface area contributed by atoms with Crippen LogP contribution in [0.3, 0.4) is 0 Å². The predicted molar refractivity (Wildman–Crippen MR) is 57.8 cm³/mol. The van der Waals surface area contributed by atoms with Crippen molar-refractivity contribution in [1.29, 1.82) is 0 Å². The zero-order valence-corrected chi connectivity index (χ0v) is 9.10. The fraction of sp³-hybridized carbons (Fsp3) is 1.00. The van der Waals surface area contributed by atoms with E-state index < -0.39 is 0 Å².